The highest BCUT2D eigenvalue weighted by Crippen LogP contribution is 2.26. The van der Waals surface area contributed by atoms with Crippen molar-refractivity contribution in [2.75, 3.05) is 9.44 Å². The fraction of sp³-hybridized carbons (Fsp3) is 0.0400. The first-order chi connectivity index (χ1) is 16.6. The van der Waals surface area contributed by atoms with E-state index in [0.29, 0.717) is 6.42 Å². The van der Waals surface area contributed by atoms with Crippen LogP contribution in [0.1, 0.15) is 11.1 Å². The number of hydrogen-bond donors (Lipinski definition) is 4. The lowest BCUT2D eigenvalue weighted by Gasteiger charge is -2.11. The Morgan fingerprint density at radius 1 is 0.514 bits per heavy atom. The van der Waals surface area contributed by atoms with E-state index < -0.39 is 20.0 Å². The Hall–Kier alpha value is -4.02. The number of rotatable bonds is 8. The molecule has 0 heterocycles. The fourth-order valence-electron chi connectivity index (χ4n) is 3.34. The van der Waals surface area contributed by atoms with E-state index in [1.165, 1.54) is 48.5 Å². The van der Waals surface area contributed by atoms with Gasteiger partial charge in [-0.1, -0.05) is 48.5 Å². The van der Waals surface area contributed by atoms with Crippen LogP contribution < -0.4 is 9.44 Å². The average Bonchev–Trinajstić information content (AvgIpc) is 2.83. The van der Waals surface area contributed by atoms with Crippen LogP contribution in [0.2, 0.25) is 0 Å². The minimum Gasteiger partial charge on any atom is -0.506 e. The summed E-state index contributed by atoms with van der Waals surface area (Å²) in [6, 6.07) is 24.6. The zero-order valence-corrected chi connectivity index (χ0v) is 19.9. The van der Waals surface area contributed by atoms with Crippen LogP contribution in [0, 0.1) is 0 Å². The van der Waals surface area contributed by atoms with Gasteiger partial charge in [-0.3, -0.25) is 9.44 Å². The molecule has 0 fully saturated rings. The van der Waals surface area contributed by atoms with E-state index in [1.54, 1.807) is 48.5 Å². The number of phenols is 2. The minimum absolute atomic E-state index is 0.0428. The fourth-order valence-corrected chi connectivity index (χ4v) is 5.48. The summed E-state index contributed by atoms with van der Waals surface area (Å²) in [6.45, 7) is 0. The van der Waals surface area contributed by atoms with Crippen molar-refractivity contribution in [2.24, 2.45) is 0 Å². The summed E-state index contributed by atoms with van der Waals surface area (Å²) in [4.78, 5) is 0.0855. The Balaban J connectivity index is 1.44. The molecular formula is C25H22N2O6S2. The molecule has 0 radical (unpaired) electrons. The van der Waals surface area contributed by atoms with Crippen LogP contribution in [-0.2, 0) is 26.5 Å². The number of anilines is 2. The summed E-state index contributed by atoms with van der Waals surface area (Å²) >= 11 is 0. The largest absolute Gasteiger partial charge is 0.506 e. The van der Waals surface area contributed by atoms with Gasteiger partial charge in [-0.15, -0.1) is 0 Å². The maximum absolute atomic E-state index is 12.6. The van der Waals surface area contributed by atoms with Gasteiger partial charge >= 0.3 is 0 Å². The summed E-state index contributed by atoms with van der Waals surface area (Å²) in [6.07, 6.45) is 0.459. The number of benzene rings is 4. The van der Waals surface area contributed by atoms with Crippen molar-refractivity contribution in [3.8, 4) is 11.5 Å². The van der Waals surface area contributed by atoms with Gasteiger partial charge in [0.15, 0.2) is 0 Å². The lowest BCUT2D eigenvalue weighted by atomic mass is 10.1. The third-order valence-electron chi connectivity index (χ3n) is 5.17. The van der Waals surface area contributed by atoms with Gasteiger partial charge in [0, 0.05) is 0 Å². The quantitative estimate of drug-likeness (QED) is 0.261. The van der Waals surface area contributed by atoms with Gasteiger partial charge in [0.2, 0.25) is 0 Å². The van der Waals surface area contributed by atoms with Crippen LogP contribution in [0.25, 0.3) is 0 Å². The Bertz CT molecular complexity index is 1430. The molecule has 0 unspecified atom stereocenters. The van der Waals surface area contributed by atoms with Gasteiger partial charge in [0.05, 0.1) is 21.2 Å². The van der Waals surface area contributed by atoms with E-state index in [0.717, 1.165) is 11.1 Å². The van der Waals surface area contributed by atoms with Crippen molar-refractivity contribution in [2.45, 2.75) is 16.2 Å². The normalized spacial score (nSPS) is 11.7. The van der Waals surface area contributed by atoms with Crippen LogP contribution >= 0.6 is 0 Å². The van der Waals surface area contributed by atoms with Crippen molar-refractivity contribution >= 4 is 31.4 Å². The third-order valence-corrected chi connectivity index (χ3v) is 7.94. The minimum atomic E-state index is -3.88. The summed E-state index contributed by atoms with van der Waals surface area (Å²) < 4.78 is 55.1. The molecule has 180 valence electrons. The van der Waals surface area contributed by atoms with Crippen molar-refractivity contribution in [1.82, 2.24) is 0 Å². The molecule has 4 aromatic carbocycles. The second-order valence-electron chi connectivity index (χ2n) is 7.71. The molecule has 0 atom stereocenters. The Labute approximate surface area is 203 Å². The summed E-state index contributed by atoms with van der Waals surface area (Å²) in [5, 5.41) is 19.6. The van der Waals surface area contributed by atoms with Crippen LogP contribution in [0.5, 0.6) is 11.5 Å². The molecule has 4 aromatic rings. The van der Waals surface area contributed by atoms with Gasteiger partial charge in [0.25, 0.3) is 20.0 Å². The van der Waals surface area contributed by atoms with E-state index in [1.807, 2.05) is 0 Å². The van der Waals surface area contributed by atoms with Crippen LogP contribution in [0.3, 0.4) is 0 Å². The predicted octanol–water partition coefficient (Wildman–Crippen LogP) is 4.29. The maximum Gasteiger partial charge on any atom is 0.262 e. The molecule has 0 spiro atoms. The van der Waals surface area contributed by atoms with Gasteiger partial charge in [-0.05, 0) is 66.1 Å². The van der Waals surface area contributed by atoms with Gasteiger partial charge in [-0.2, -0.15) is 0 Å². The molecule has 0 aliphatic carbocycles. The van der Waals surface area contributed by atoms with E-state index >= 15 is 0 Å². The SMILES string of the molecule is O=S(=O)(Nc1ccccc1O)c1ccc(Cc2ccc(S(=O)(=O)Nc3ccccc3O)cc2)cc1. The first kappa shape index (κ1) is 24.1. The smallest absolute Gasteiger partial charge is 0.262 e. The molecule has 0 saturated carbocycles. The van der Waals surface area contributed by atoms with Crippen molar-refractivity contribution in [1.29, 1.82) is 0 Å². The Morgan fingerprint density at radius 2 is 0.857 bits per heavy atom. The number of phenolic OH excluding ortho intramolecular Hbond substituents is 2. The van der Waals surface area contributed by atoms with Crippen LogP contribution in [0.15, 0.2) is 107 Å². The van der Waals surface area contributed by atoms with E-state index in [4.69, 9.17) is 0 Å². The second-order valence-corrected chi connectivity index (χ2v) is 11.1. The highest BCUT2D eigenvalue weighted by atomic mass is 32.2. The molecule has 0 aromatic heterocycles. The molecular weight excluding hydrogens is 488 g/mol. The first-order valence-corrected chi connectivity index (χ1v) is 13.4. The zero-order valence-electron chi connectivity index (χ0n) is 18.3. The topological polar surface area (TPSA) is 133 Å². The van der Waals surface area contributed by atoms with Crippen molar-refractivity contribution in [3.05, 3.63) is 108 Å². The van der Waals surface area contributed by atoms with E-state index in [-0.39, 0.29) is 32.7 Å². The highest BCUT2D eigenvalue weighted by Gasteiger charge is 2.17. The molecule has 35 heavy (non-hydrogen) atoms. The average molecular weight is 511 g/mol. The Morgan fingerprint density at radius 3 is 1.20 bits per heavy atom. The molecule has 10 heteroatoms. The first-order valence-electron chi connectivity index (χ1n) is 10.4. The Kier molecular flexibility index (Phi) is 6.68. The molecule has 0 aliphatic heterocycles. The lowest BCUT2D eigenvalue weighted by Crippen LogP contribution is -2.13. The van der Waals surface area contributed by atoms with Crippen molar-refractivity contribution in [3.63, 3.8) is 0 Å². The summed E-state index contributed by atoms with van der Waals surface area (Å²) in [5.74, 6) is -0.345. The summed E-state index contributed by atoms with van der Waals surface area (Å²) in [7, 11) is -7.76. The third kappa shape index (κ3) is 5.73. The molecule has 0 amide bonds. The number of sulfonamides is 2. The van der Waals surface area contributed by atoms with Gasteiger partial charge < -0.3 is 10.2 Å². The van der Waals surface area contributed by atoms with Crippen LogP contribution in [0.4, 0.5) is 11.4 Å². The zero-order chi connectivity index (χ0) is 25.1. The number of nitrogens with one attached hydrogen (secondary N) is 2. The number of aromatic hydroxyl groups is 2. The van der Waals surface area contributed by atoms with Gasteiger partial charge in [-0.25, -0.2) is 16.8 Å². The standard InChI is InChI=1S/C25H22N2O6S2/c28-24-7-3-1-5-22(24)26-34(30,31)20-13-9-18(10-14-20)17-19-11-15-21(16-12-19)35(32,33)27-23-6-2-4-8-25(23)29/h1-16,26-29H,17H2. The second kappa shape index (κ2) is 9.69. The number of para-hydroxylation sites is 4. The molecule has 4 N–H and O–H groups in total. The lowest BCUT2D eigenvalue weighted by molar-refractivity contribution is 0.477. The molecule has 4 rings (SSSR count). The van der Waals surface area contributed by atoms with E-state index in [2.05, 4.69) is 9.44 Å². The maximum atomic E-state index is 12.6. The number of hydrogen-bond acceptors (Lipinski definition) is 6. The molecule has 0 saturated heterocycles. The van der Waals surface area contributed by atoms with Gasteiger partial charge in [0.1, 0.15) is 11.5 Å². The molecule has 8 nitrogen and oxygen atoms in total. The van der Waals surface area contributed by atoms with E-state index in [9.17, 15) is 27.0 Å². The monoisotopic (exact) mass is 510 g/mol. The molecule has 0 bridgehead atoms. The highest BCUT2D eigenvalue weighted by molar-refractivity contribution is 7.93. The molecule has 0 aliphatic rings. The predicted molar refractivity (Wildman–Crippen MR) is 134 cm³/mol. The summed E-state index contributed by atoms with van der Waals surface area (Å²) in [5.41, 5.74) is 1.83. The van der Waals surface area contributed by atoms with Crippen LogP contribution in [-0.4, -0.2) is 27.0 Å². The van der Waals surface area contributed by atoms with Crippen molar-refractivity contribution < 1.29 is 27.0 Å².